The Balaban J connectivity index is 1.52. The molecule has 2 aliphatic rings. The van der Waals surface area contributed by atoms with Crippen molar-refractivity contribution in [3.8, 4) is 0 Å². The molecule has 49 heavy (non-hydrogen) atoms. The van der Waals surface area contributed by atoms with Gasteiger partial charge >= 0.3 is 18.0 Å². The highest BCUT2D eigenvalue weighted by molar-refractivity contribution is 6.74. The first kappa shape index (κ1) is 38.6. The molecular formula is C33H54N6O9Si. The number of carbonyl (C=O) groups is 3. The number of rotatable bonds is 10. The molecule has 0 spiro atoms. The first-order valence-electron chi connectivity index (χ1n) is 16.7. The van der Waals surface area contributed by atoms with E-state index in [1.165, 1.54) is 6.33 Å². The van der Waals surface area contributed by atoms with E-state index in [2.05, 4.69) is 59.5 Å². The summed E-state index contributed by atoms with van der Waals surface area (Å²) >= 11 is 0. The summed E-state index contributed by atoms with van der Waals surface area (Å²) in [5.41, 5.74) is -0.824. The van der Waals surface area contributed by atoms with Crippen molar-refractivity contribution in [1.29, 1.82) is 0 Å². The molecular weight excluding hydrogens is 652 g/mol. The van der Waals surface area contributed by atoms with Crippen molar-refractivity contribution in [3.05, 3.63) is 12.7 Å². The number of aromatic nitrogens is 4. The number of nitrogens with zero attached hydrogens (tertiary/aromatic N) is 4. The van der Waals surface area contributed by atoms with Gasteiger partial charge in [0.05, 0.1) is 12.9 Å². The van der Waals surface area contributed by atoms with Crippen LogP contribution in [-0.4, -0.2) is 93.8 Å². The number of hydrogen-bond acceptors (Lipinski definition) is 12. The lowest BCUT2D eigenvalue weighted by Gasteiger charge is -2.37. The molecule has 0 aromatic carbocycles. The number of anilines is 1. The molecule has 2 amide bonds. The first-order valence-corrected chi connectivity index (χ1v) is 19.6. The molecule has 2 aromatic rings. The summed E-state index contributed by atoms with van der Waals surface area (Å²) in [4.78, 5) is 51.8. The summed E-state index contributed by atoms with van der Waals surface area (Å²) in [5.74, 6) is -1.93. The minimum Gasteiger partial charge on any atom is -0.460 e. The number of amides is 2. The monoisotopic (exact) mass is 706 g/mol. The molecule has 2 fully saturated rings. The zero-order valence-electron chi connectivity index (χ0n) is 31.1. The number of imidazole rings is 1. The maximum absolute atomic E-state index is 13.2. The highest BCUT2D eigenvalue weighted by atomic mass is 28.4. The van der Waals surface area contributed by atoms with Gasteiger partial charge in [0, 0.05) is 6.42 Å². The number of urea groups is 1. The number of nitrogens with one attached hydrogen (secondary N) is 2. The fourth-order valence-corrected chi connectivity index (χ4v) is 6.25. The standard InChI is InChI=1S/C33H54N6O9Si/c1-30(2,3)45-21(40)15-14-19(28(41)48-31(4,5)6)37-29(42)38-25-22-26(35-17-34-25)39(18-36-22)27-24-23(46-33(10,11)47-24)20(44-27)16-43-49(12,13)32(7,8)9/h17-20,23-24,27H,14-16H2,1-13H3,(H2,34,35,37,38,42)/t19-,20+,23+,24+,27+/m0/s1. The molecule has 274 valence electrons. The normalized spacial score (nSPS) is 23.2. The molecule has 16 heteroatoms. The van der Waals surface area contributed by atoms with Crippen molar-refractivity contribution in [2.24, 2.45) is 0 Å². The molecule has 15 nitrogen and oxygen atoms in total. The lowest BCUT2D eigenvalue weighted by molar-refractivity contribution is -0.199. The average Bonchev–Trinajstić information content (AvgIpc) is 3.58. The van der Waals surface area contributed by atoms with Crippen molar-refractivity contribution in [3.63, 3.8) is 0 Å². The molecule has 2 aliphatic heterocycles. The minimum absolute atomic E-state index is 0.0227. The first-order chi connectivity index (χ1) is 22.4. The summed E-state index contributed by atoms with van der Waals surface area (Å²) in [6, 6.07) is -1.89. The number of hydrogen-bond donors (Lipinski definition) is 2. The van der Waals surface area contributed by atoms with Crippen molar-refractivity contribution in [2.75, 3.05) is 11.9 Å². The molecule has 0 unspecified atom stereocenters. The van der Waals surface area contributed by atoms with Crippen molar-refractivity contribution in [1.82, 2.24) is 24.8 Å². The van der Waals surface area contributed by atoms with Crippen LogP contribution in [-0.2, 0) is 37.7 Å². The van der Waals surface area contributed by atoms with E-state index in [1.54, 1.807) is 52.4 Å². The molecule has 0 aliphatic carbocycles. The Morgan fingerprint density at radius 3 is 2.20 bits per heavy atom. The van der Waals surface area contributed by atoms with Gasteiger partial charge in [-0.05, 0) is 79.9 Å². The third-order valence-corrected chi connectivity index (χ3v) is 13.0. The molecule has 2 aromatic heterocycles. The van der Waals surface area contributed by atoms with Crippen LogP contribution in [0.2, 0.25) is 18.1 Å². The van der Waals surface area contributed by atoms with Crippen LogP contribution in [0.5, 0.6) is 0 Å². The topological polar surface area (TPSA) is 174 Å². The van der Waals surface area contributed by atoms with Gasteiger partial charge in [0.2, 0.25) is 0 Å². The van der Waals surface area contributed by atoms with Crippen LogP contribution >= 0.6 is 0 Å². The zero-order valence-corrected chi connectivity index (χ0v) is 32.1. The fraction of sp³-hybridized carbons (Fsp3) is 0.758. The van der Waals surface area contributed by atoms with Crippen molar-refractivity contribution < 1.29 is 42.5 Å². The van der Waals surface area contributed by atoms with Gasteiger partial charge in [0.1, 0.15) is 41.9 Å². The second kappa shape index (κ2) is 13.9. The van der Waals surface area contributed by atoms with Gasteiger partial charge in [-0.25, -0.2) is 24.5 Å². The summed E-state index contributed by atoms with van der Waals surface area (Å²) in [7, 11) is -2.07. The van der Waals surface area contributed by atoms with Gasteiger partial charge in [-0.2, -0.15) is 0 Å². The Bertz CT molecular complexity index is 1530. The van der Waals surface area contributed by atoms with Crippen LogP contribution in [0.3, 0.4) is 0 Å². The van der Waals surface area contributed by atoms with Crippen molar-refractivity contribution >= 4 is 43.3 Å². The van der Waals surface area contributed by atoms with Crippen LogP contribution in [0.4, 0.5) is 10.6 Å². The van der Waals surface area contributed by atoms with Gasteiger partial charge in [-0.15, -0.1) is 0 Å². The largest absolute Gasteiger partial charge is 0.460 e. The third kappa shape index (κ3) is 9.75. The Morgan fingerprint density at radius 1 is 0.959 bits per heavy atom. The average molecular weight is 707 g/mol. The SMILES string of the molecule is CC(C)(C)OC(=O)CC[C@H](NC(=O)Nc1ncnc2c1ncn2[C@@H]1O[C@H](CO[Si](C)(C)C(C)(C)C)[C@H]2OC(C)(C)O[C@H]21)C(=O)OC(C)(C)C. The number of fused-ring (bicyclic) bond motifs is 2. The van der Waals surface area contributed by atoms with E-state index in [0.717, 1.165) is 0 Å². The van der Waals surface area contributed by atoms with Crippen LogP contribution in [0, 0.1) is 0 Å². The summed E-state index contributed by atoms with van der Waals surface area (Å²) in [5, 5.41) is 5.31. The van der Waals surface area contributed by atoms with E-state index in [9.17, 15) is 14.4 Å². The van der Waals surface area contributed by atoms with E-state index in [-0.39, 0.29) is 23.7 Å². The zero-order chi connectivity index (χ0) is 36.7. The molecule has 2 saturated heterocycles. The van der Waals surface area contributed by atoms with E-state index in [0.29, 0.717) is 17.8 Å². The molecule has 4 heterocycles. The Kier molecular flexibility index (Phi) is 10.9. The minimum atomic E-state index is -2.07. The van der Waals surface area contributed by atoms with E-state index in [4.69, 9.17) is 28.1 Å². The van der Waals surface area contributed by atoms with E-state index < -0.39 is 73.9 Å². The van der Waals surface area contributed by atoms with Crippen LogP contribution in [0.15, 0.2) is 12.7 Å². The molecule has 0 radical (unpaired) electrons. The molecule has 4 rings (SSSR count). The second-order valence-electron chi connectivity index (χ2n) is 16.6. The number of carbonyl (C=O) groups excluding carboxylic acids is 3. The highest BCUT2D eigenvalue weighted by Crippen LogP contribution is 2.45. The highest BCUT2D eigenvalue weighted by Gasteiger charge is 2.56. The molecule has 0 saturated carbocycles. The Labute approximate surface area is 289 Å². The fourth-order valence-electron chi connectivity index (χ4n) is 5.23. The molecule has 5 atom stereocenters. The van der Waals surface area contributed by atoms with Gasteiger partial charge in [-0.1, -0.05) is 20.8 Å². The van der Waals surface area contributed by atoms with Crippen LogP contribution in [0.25, 0.3) is 11.2 Å². The van der Waals surface area contributed by atoms with E-state index >= 15 is 0 Å². The van der Waals surface area contributed by atoms with Gasteiger partial charge in [0.15, 0.2) is 37.3 Å². The van der Waals surface area contributed by atoms with Gasteiger partial charge in [0.25, 0.3) is 0 Å². The predicted molar refractivity (Wildman–Crippen MR) is 183 cm³/mol. The van der Waals surface area contributed by atoms with Crippen LogP contribution in [0.1, 0.15) is 95.2 Å². The summed E-state index contributed by atoms with van der Waals surface area (Å²) in [6.45, 7) is 25.4. The number of esters is 2. The lowest BCUT2D eigenvalue weighted by atomic mass is 10.1. The third-order valence-electron chi connectivity index (χ3n) is 8.46. The van der Waals surface area contributed by atoms with Gasteiger partial charge < -0.3 is 33.4 Å². The lowest BCUT2D eigenvalue weighted by Crippen LogP contribution is -2.46. The summed E-state index contributed by atoms with van der Waals surface area (Å²) in [6.07, 6.45) is 0.783. The van der Waals surface area contributed by atoms with Crippen molar-refractivity contribution in [2.45, 2.75) is 155 Å². The molecule has 0 bridgehead atoms. The van der Waals surface area contributed by atoms with E-state index in [1.807, 2.05) is 13.8 Å². The number of ether oxygens (including phenoxy) is 5. The van der Waals surface area contributed by atoms with Crippen LogP contribution < -0.4 is 10.6 Å². The predicted octanol–water partition coefficient (Wildman–Crippen LogP) is 5.22. The van der Waals surface area contributed by atoms with Gasteiger partial charge in [-0.3, -0.25) is 14.7 Å². The maximum Gasteiger partial charge on any atom is 0.329 e. The Morgan fingerprint density at radius 2 is 1.59 bits per heavy atom. The Hall–Kier alpha value is -3.18. The summed E-state index contributed by atoms with van der Waals surface area (Å²) < 4.78 is 38.2. The second-order valence-corrected chi connectivity index (χ2v) is 21.4. The quantitative estimate of drug-likeness (QED) is 0.244. The molecule has 2 N–H and O–H groups in total. The smallest absolute Gasteiger partial charge is 0.329 e. The maximum atomic E-state index is 13.2.